The second-order valence-corrected chi connectivity index (χ2v) is 10.5. The van der Waals surface area contributed by atoms with Crippen LogP contribution in [0.5, 0.6) is 0 Å². The number of hydrazine groups is 1. The Bertz CT molecular complexity index is 1570. The van der Waals surface area contributed by atoms with Gasteiger partial charge in [-0.05, 0) is 39.8 Å². The minimum Gasteiger partial charge on any atom is -0.273 e. The van der Waals surface area contributed by atoms with Crippen LogP contribution in [0, 0.1) is 5.92 Å². The lowest BCUT2D eigenvalue weighted by molar-refractivity contribution is -0.123. The molecule has 0 radical (unpaired) electrons. The van der Waals surface area contributed by atoms with Crippen LogP contribution in [0.2, 0.25) is 0 Å². The Morgan fingerprint density at radius 1 is 0.789 bits per heavy atom. The lowest BCUT2D eigenvalue weighted by Gasteiger charge is -2.22. The molecule has 0 aliphatic carbocycles. The van der Waals surface area contributed by atoms with Gasteiger partial charge in [-0.25, -0.2) is 4.98 Å². The number of amides is 2. The summed E-state index contributed by atoms with van der Waals surface area (Å²) in [6.07, 6.45) is 0.646. The van der Waals surface area contributed by atoms with Gasteiger partial charge in [0.15, 0.2) is 0 Å². The van der Waals surface area contributed by atoms with Crippen LogP contribution < -0.4 is 10.9 Å². The average molecular weight is 520 g/mol. The molecule has 1 atom stereocenters. The third kappa shape index (κ3) is 5.50. The largest absolute Gasteiger partial charge is 0.289 e. The monoisotopic (exact) mass is 519 g/mol. The minimum atomic E-state index is -0.444. The Hall–Kier alpha value is -4.29. The van der Waals surface area contributed by atoms with E-state index in [9.17, 15) is 9.59 Å². The number of rotatable bonds is 7. The highest BCUT2D eigenvalue weighted by Crippen LogP contribution is 2.33. The lowest BCUT2D eigenvalue weighted by atomic mass is 9.85. The first-order valence-corrected chi connectivity index (χ1v) is 13.6. The van der Waals surface area contributed by atoms with E-state index in [0.717, 1.165) is 38.0 Å². The average Bonchev–Trinajstić information content (AvgIpc) is 3.45. The Balaban J connectivity index is 1.34. The summed E-state index contributed by atoms with van der Waals surface area (Å²) in [5.74, 6) is -0.832. The number of carbonyl (C=O) groups excluding carboxylic acids is 2. The molecule has 0 fully saturated rings. The molecule has 5 nitrogen and oxygen atoms in total. The molecule has 0 spiro atoms. The molecule has 0 aliphatic rings. The summed E-state index contributed by atoms with van der Waals surface area (Å²) >= 11 is 1.41. The Labute approximate surface area is 226 Å². The van der Waals surface area contributed by atoms with Crippen LogP contribution in [0.25, 0.3) is 32.5 Å². The number of aromatic nitrogens is 1. The zero-order chi connectivity index (χ0) is 26.5. The summed E-state index contributed by atoms with van der Waals surface area (Å²) < 4.78 is 0. The molecule has 5 rings (SSSR count). The molecule has 6 heteroatoms. The summed E-state index contributed by atoms with van der Waals surface area (Å²) in [4.78, 5) is 30.9. The molecule has 1 aromatic heterocycles. The van der Waals surface area contributed by atoms with Crippen molar-refractivity contribution in [2.45, 2.75) is 26.2 Å². The van der Waals surface area contributed by atoms with Crippen molar-refractivity contribution in [3.05, 3.63) is 114 Å². The number of nitrogens with zero attached hydrogens (tertiary/aromatic N) is 1. The van der Waals surface area contributed by atoms with Gasteiger partial charge in [-0.2, -0.15) is 0 Å². The zero-order valence-electron chi connectivity index (χ0n) is 21.3. The summed E-state index contributed by atoms with van der Waals surface area (Å²) in [6, 6.07) is 32.1. The van der Waals surface area contributed by atoms with E-state index >= 15 is 0 Å². The highest BCUT2D eigenvalue weighted by Gasteiger charge is 2.25. The molecule has 0 saturated carbocycles. The standard InChI is InChI=1S/C32H29N3O2S/c1-21(2)19-28(26-17-9-8-15-24(26)22-11-4-3-5-12-22)30(36)34-35-31(37)29-20-38-32(33-29)27-18-10-14-23-13-6-7-16-25(23)27/h3-18,20-21,28H,19H2,1-2H3,(H,34,36)(H,35,37). The molecule has 4 aromatic carbocycles. The van der Waals surface area contributed by atoms with Crippen molar-refractivity contribution in [3.63, 3.8) is 0 Å². The fraction of sp³-hybridized carbons (Fsp3) is 0.156. The predicted octanol–water partition coefficient (Wildman–Crippen LogP) is 7.22. The van der Waals surface area contributed by atoms with Crippen LogP contribution in [0.3, 0.4) is 0 Å². The van der Waals surface area contributed by atoms with Gasteiger partial charge in [-0.3, -0.25) is 20.4 Å². The molecule has 0 bridgehead atoms. The fourth-order valence-electron chi connectivity index (χ4n) is 4.71. The zero-order valence-corrected chi connectivity index (χ0v) is 22.2. The Kier molecular flexibility index (Phi) is 7.61. The normalized spacial score (nSPS) is 11.9. The van der Waals surface area contributed by atoms with Crippen molar-refractivity contribution in [2.24, 2.45) is 5.92 Å². The summed E-state index contributed by atoms with van der Waals surface area (Å²) in [6.45, 7) is 4.18. The van der Waals surface area contributed by atoms with E-state index in [1.807, 2.05) is 84.9 Å². The molecule has 2 amide bonds. The minimum absolute atomic E-state index is 0.250. The van der Waals surface area contributed by atoms with Crippen molar-refractivity contribution in [1.82, 2.24) is 15.8 Å². The number of hydrogen-bond donors (Lipinski definition) is 2. The predicted molar refractivity (Wildman–Crippen MR) is 155 cm³/mol. The highest BCUT2D eigenvalue weighted by molar-refractivity contribution is 7.13. The second kappa shape index (κ2) is 11.4. The van der Waals surface area contributed by atoms with E-state index in [2.05, 4.69) is 41.8 Å². The maximum absolute atomic E-state index is 13.4. The van der Waals surface area contributed by atoms with E-state index in [4.69, 9.17) is 0 Å². The molecule has 190 valence electrons. The quantitative estimate of drug-likeness (QED) is 0.223. The van der Waals surface area contributed by atoms with E-state index in [-0.39, 0.29) is 17.5 Å². The first kappa shape index (κ1) is 25.4. The topological polar surface area (TPSA) is 71.1 Å². The van der Waals surface area contributed by atoms with Gasteiger partial charge < -0.3 is 0 Å². The van der Waals surface area contributed by atoms with Crippen molar-refractivity contribution in [2.75, 3.05) is 0 Å². The fourth-order valence-corrected chi connectivity index (χ4v) is 5.55. The number of thiazole rings is 1. The van der Waals surface area contributed by atoms with Crippen LogP contribution in [0.1, 0.15) is 42.2 Å². The van der Waals surface area contributed by atoms with Crippen molar-refractivity contribution in [1.29, 1.82) is 0 Å². The lowest BCUT2D eigenvalue weighted by Crippen LogP contribution is -2.44. The SMILES string of the molecule is CC(C)CC(C(=O)NNC(=O)c1csc(-c2cccc3ccccc23)n1)c1ccccc1-c1ccccc1. The number of hydrogen-bond acceptors (Lipinski definition) is 4. The van der Waals surface area contributed by atoms with Gasteiger partial charge >= 0.3 is 0 Å². The van der Waals surface area contributed by atoms with Gasteiger partial charge in [-0.15, -0.1) is 11.3 Å². The van der Waals surface area contributed by atoms with Crippen molar-refractivity contribution >= 4 is 33.9 Å². The van der Waals surface area contributed by atoms with Crippen LogP contribution in [-0.2, 0) is 4.79 Å². The van der Waals surface area contributed by atoms with Crippen molar-refractivity contribution < 1.29 is 9.59 Å². The summed E-state index contributed by atoms with van der Waals surface area (Å²) in [7, 11) is 0. The highest BCUT2D eigenvalue weighted by atomic mass is 32.1. The van der Waals surface area contributed by atoms with Gasteiger partial charge in [0.2, 0.25) is 5.91 Å². The molecule has 1 unspecified atom stereocenters. The smallest absolute Gasteiger partial charge is 0.273 e. The van der Waals surface area contributed by atoms with Crippen LogP contribution >= 0.6 is 11.3 Å². The van der Waals surface area contributed by atoms with E-state index < -0.39 is 11.8 Å². The van der Waals surface area contributed by atoms with Gasteiger partial charge in [0.05, 0.1) is 5.92 Å². The van der Waals surface area contributed by atoms with Crippen molar-refractivity contribution in [3.8, 4) is 21.7 Å². The molecular weight excluding hydrogens is 490 g/mol. The molecule has 38 heavy (non-hydrogen) atoms. The van der Waals surface area contributed by atoms with Crippen LogP contribution in [-0.4, -0.2) is 16.8 Å². The Morgan fingerprint density at radius 2 is 1.47 bits per heavy atom. The number of benzene rings is 4. The first-order chi connectivity index (χ1) is 18.5. The van der Waals surface area contributed by atoms with Crippen LogP contribution in [0.15, 0.2) is 102 Å². The molecule has 1 heterocycles. The third-order valence-corrected chi connectivity index (χ3v) is 7.38. The van der Waals surface area contributed by atoms with Gasteiger partial charge in [0.25, 0.3) is 5.91 Å². The molecule has 5 aromatic rings. The van der Waals surface area contributed by atoms with Gasteiger partial charge in [0.1, 0.15) is 10.7 Å². The van der Waals surface area contributed by atoms with E-state index in [1.54, 1.807) is 5.38 Å². The van der Waals surface area contributed by atoms with Crippen LogP contribution in [0.4, 0.5) is 0 Å². The maximum atomic E-state index is 13.4. The summed E-state index contributed by atoms with van der Waals surface area (Å²) in [5.41, 5.74) is 9.50. The van der Waals surface area contributed by atoms with E-state index in [1.165, 1.54) is 11.3 Å². The number of nitrogens with one attached hydrogen (secondary N) is 2. The third-order valence-electron chi connectivity index (χ3n) is 6.50. The second-order valence-electron chi connectivity index (χ2n) is 9.64. The molecule has 2 N–H and O–H groups in total. The summed E-state index contributed by atoms with van der Waals surface area (Å²) in [5, 5.41) is 4.67. The molecule has 0 aliphatic heterocycles. The number of fused-ring (bicyclic) bond motifs is 1. The van der Waals surface area contributed by atoms with Gasteiger partial charge in [0, 0.05) is 10.9 Å². The first-order valence-electron chi connectivity index (χ1n) is 12.7. The Morgan fingerprint density at radius 3 is 2.29 bits per heavy atom. The van der Waals surface area contributed by atoms with Gasteiger partial charge in [-0.1, -0.05) is 111 Å². The maximum Gasteiger partial charge on any atom is 0.289 e. The van der Waals surface area contributed by atoms with E-state index in [0.29, 0.717) is 6.42 Å². The molecular formula is C32H29N3O2S. The molecule has 0 saturated heterocycles. The number of carbonyl (C=O) groups is 2.